The molecular weight excluding hydrogens is 326 g/mol. The zero-order valence-corrected chi connectivity index (χ0v) is 13.1. The number of carbonyl (C=O) groups excluding carboxylic acids is 1. The van der Waals surface area contributed by atoms with Crippen LogP contribution in [0, 0.1) is 0 Å². The van der Waals surface area contributed by atoms with Crippen molar-refractivity contribution < 1.29 is 4.79 Å². The SMILES string of the molecule is CNc1cnccc1C(=O)N(C)Cc1csc(Br)c1. The van der Waals surface area contributed by atoms with E-state index < -0.39 is 0 Å². The molecule has 0 aliphatic rings. The summed E-state index contributed by atoms with van der Waals surface area (Å²) in [6.07, 6.45) is 3.28. The van der Waals surface area contributed by atoms with E-state index in [9.17, 15) is 4.79 Å². The lowest BCUT2D eigenvalue weighted by Gasteiger charge is -2.18. The highest BCUT2D eigenvalue weighted by atomic mass is 79.9. The average molecular weight is 340 g/mol. The van der Waals surface area contributed by atoms with E-state index in [-0.39, 0.29) is 5.91 Å². The minimum absolute atomic E-state index is 0.0194. The van der Waals surface area contributed by atoms with E-state index in [1.165, 1.54) is 0 Å². The van der Waals surface area contributed by atoms with Crippen LogP contribution in [0.3, 0.4) is 0 Å². The number of nitrogens with zero attached hydrogens (tertiary/aromatic N) is 2. The fourth-order valence-corrected chi connectivity index (χ4v) is 2.96. The number of amides is 1. The first-order valence-electron chi connectivity index (χ1n) is 5.72. The summed E-state index contributed by atoms with van der Waals surface area (Å²) >= 11 is 5.04. The third kappa shape index (κ3) is 3.33. The maximum absolute atomic E-state index is 12.4. The maximum atomic E-state index is 12.4. The van der Waals surface area contributed by atoms with Crippen molar-refractivity contribution in [2.24, 2.45) is 0 Å². The van der Waals surface area contributed by atoms with Gasteiger partial charge in [-0.25, -0.2) is 0 Å². The number of rotatable bonds is 4. The predicted octanol–water partition coefficient (Wildman–Crippen LogP) is 3.22. The molecule has 0 aliphatic carbocycles. The smallest absolute Gasteiger partial charge is 0.256 e. The predicted molar refractivity (Wildman–Crippen MR) is 81.6 cm³/mol. The van der Waals surface area contributed by atoms with E-state index in [1.807, 2.05) is 11.4 Å². The quantitative estimate of drug-likeness (QED) is 0.930. The molecule has 0 radical (unpaired) electrons. The van der Waals surface area contributed by atoms with Crippen molar-refractivity contribution in [3.05, 3.63) is 44.8 Å². The molecule has 19 heavy (non-hydrogen) atoms. The Morgan fingerprint density at radius 2 is 2.37 bits per heavy atom. The molecule has 2 heterocycles. The topological polar surface area (TPSA) is 45.2 Å². The summed E-state index contributed by atoms with van der Waals surface area (Å²) < 4.78 is 1.07. The molecule has 1 amide bonds. The second-order valence-electron chi connectivity index (χ2n) is 4.09. The summed E-state index contributed by atoms with van der Waals surface area (Å²) in [5, 5.41) is 5.02. The Balaban J connectivity index is 2.14. The average Bonchev–Trinajstić information content (AvgIpc) is 2.83. The van der Waals surface area contributed by atoms with Crippen LogP contribution in [0.25, 0.3) is 0 Å². The summed E-state index contributed by atoms with van der Waals surface area (Å²) in [5.41, 5.74) is 2.49. The molecule has 100 valence electrons. The second kappa shape index (κ2) is 6.16. The highest BCUT2D eigenvalue weighted by Gasteiger charge is 2.15. The van der Waals surface area contributed by atoms with Gasteiger partial charge in [-0.15, -0.1) is 11.3 Å². The normalized spacial score (nSPS) is 10.3. The van der Waals surface area contributed by atoms with Crippen molar-refractivity contribution in [2.75, 3.05) is 19.4 Å². The van der Waals surface area contributed by atoms with Gasteiger partial charge in [-0.3, -0.25) is 9.78 Å². The van der Waals surface area contributed by atoms with Crippen molar-refractivity contribution in [2.45, 2.75) is 6.54 Å². The summed E-state index contributed by atoms with van der Waals surface area (Å²) in [4.78, 5) is 18.1. The largest absolute Gasteiger partial charge is 0.386 e. The van der Waals surface area contributed by atoms with Gasteiger partial charge < -0.3 is 10.2 Å². The number of nitrogens with one attached hydrogen (secondary N) is 1. The fourth-order valence-electron chi connectivity index (χ4n) is 1.76. The van der Waals surface area contributed by atoms with E-state index in [0.29, 0.717) is 12.1 Å². The minimum Gasteiger partial charge on any atom is -0.386 e. The molecular formula is C13H14BrN3OS. The van der Waals surface area contributed by atoms with Gasteiger partial charge in [0.25, 0.3) is 5.91 Å². The zero-order valence-electron chi connectivity index (χ0n) is 10.7. The van der Waals surface area contributed by atoms with Crippen molar-refractivity contribution >= 4 is 38.9 Å². The number of hydrogen-bond donors (Lipinski definition) is 1. The number of hydrogen-bond acceptors (Lipinski definition) is 4. The summed E-state index contributed by atoms with van der Waals surface area (Å²) in [7, 11) is 3.58. The van der Waals surface area contributed by atoms with Gasteiger partial charge in [0.2, 0.25) is 0 Å². The monoisotopic (exact) mass is 339 g/mol. The lowest BCUT2D eigenvalue weighted by molar-refractivity contribution is 0.0786. The van der Waals surface area contributed by atoms with Crippen LogP contribution in [-0.4, -0.2) is 29.9 Å². The van der Waals surface area contributed by atoms with E-state index in [4.69, 9.17) is 0 Å². The molecule has 0 unspecified atom stereocenters. The van der Waals surface area contributed by atoms with Gasteiger partial charge in [-0.05, 0) is 39.0 Å². The van der Waals surface area contributed by atoms with Crippen LogP contribution in [0.5, 0.6) is 0 Å². The third-order valence-corrected chi connectivity index (χ3v) is 4.26. The molecule has 0 fully saturated rings. The van der Waals surface area contributed by atoms with Crippen molar-refractivity contribution in [1.82, 2.24) is 9.88 Å². The first-order valence-corrected chi connectivity index (χ1v) is 7.39. The molecule has 2 aromatic heterocycles. The Bertz CT molecular complexity index is 585. The number of carbonyl (C=O) groups is 1. The van der Waals surface area contributed by atoms with Crippen molar-refractivity contribution in [3.63, 3.8) is 0 Å². The molecule has 2 aromatic rings. The van der Waals surface area contributed by atoms with Crippen LogP contribution >= 0.6 is 27.3 Å². The van der Waals surface area contributed by atoms with Crippen LogP contribution in [-0.2, 0) is 6.54 Å². The highest BCUT2D eigenvalue weighted by molar-refractivity contribution is 9.11. The highest BCUT2D eigenvalue weighted by Crippen LogP contribution is 2.22. The van der Waals surface area contributed by atoms with Crippen LogP contribution < -0.4 is 5.32 Å². The molecule has 6 heteroatoms. The first kappa shape index (κ1) is 14.0. The lowest BCUT2D eigenvalue weighted by atomic mass is 10.2. The summed E-state index contributed by atoms with van der Waals surface area (Å²) in [6, 6.07) is 3.76. The van der Waals surface area contributed by atoms with Crippen LogP contribution in [0.15, 0.2) is 33.7 Å². The van der Waals surface area contributed by atoms with Crippen LogP contribution in [0.4, 0.5) is 5.69 Å². The van der Waals surface area contributed by atoms with Gasteiger partial charge in [0.05, 0.1) is 21.2 Å². The molecule has 4 nitrogen and oxygen atoms in total. The first-order chi connectivity index (χ1) is 9.11. The van der Waals surface area contributed by atoms with Gasteiger partial charge in [0.15, 0.2) is 0 Å². The molecule has 0 saturated heterocycles. The molecule has 0 aromatic carbocycles. The Morgan fingerprint density at radius 1 is 1.58 bits per heavy atom. The number of pyridine rings is 1. The number of aromatic nitrogens is 1. The van der Waals surface area contributed by atoms with Gasteiger partial charge >= 0.3 is 0 Å². The zero-order chi connectivity index (χ0) is 13.8. The van der Waals surface area contributed by atoms with Crippen molar-refractivity contribution in [1.29, 1.82) is 0 Å². The van der Waals surface area contributed by atoms with Gasteiger partial charge in [0, 0.05) is 26.8 Å². The van der Waals surface area contributed by atoms with Gasteiger partial charge in [-0.1, -0.05) is 0 Å². The molecule has 0 bridgehead atoms. The molecule has 0 saturated carbocycles. The van der Waals surface area contributed by atoms with E-state index in [2.05, 4.69) is 26.2 Å². The van der Waals surface area contributed by atoms with E-state index in [1.54, 1.807) is 48.8 Å². The van der Waals surface area contributed by atoms with Crippen LogP contribution in [0.1, 0.15) is 15.9 Å². The molecule has 0 aliphatic heterocycles. The number of thiophene rings is 1. The van der Waals surface area contributed by atoms with Gasteiger partial charge in [0.1, 0.15) is 0 Å². The molecule has 0 spiro atoms. The standard InChI is InChI=1S/C13H14BrN3OS/c1-15-11-6-16-4-3-10(11)13(18)17(2)7-9-5-12(14)19-8-9/h3-6,8,15H,7H2,1-2H3. The number of halogens is 1. The Hall–Kier alpha value is -1.40. The molecule has 2 rings (SSSR count). The van der Waals surface area contributed by atoms with Crippen molar-refractivity contribution in [3.8, 4) is 0 Å². The van der Waals surface area contributed by atoms with Crippen LogP contribution in [0.2, 0.25) is 0 Å². The van der Waals surface area contributed by atoms with E-state index in [0.717, 1.165) is 15.0 Å². The minimum atomic E-state index is -0.0194. The number of anilines is 1. The third-order valence-electron chi connectivity index (χ3n) is 2.71. The Morgan fingerprint density at radius 3 is 3.00 bits per heavy atom. The lowest BCUT2D eigenvalue weighted by Crippen LogP contribution is -2.26. The Labute approximate surface area is 124 Å². The van der Waals surface area contributed by atoms with E-state index >= 15 is 0 Å². The second-order valence-corrected chi connectivity index (χ2v) is 6.38. The summed E-state index contributed by atoms with van der Waals surface area (Å²) in [6.45, 7) is 0.590. The van der Waals surface area contributed by atoms with Gasteiger partial charge in [-0.2, -0.15) is 0 Å². The molecule has 1 N–H and O–H groups in total. The molecule has 0 atom stereocenters. The fraction of sp³-hybridized carbons (Fsp3) is 0.231. The Kier molecular flexibility index (Phi) is 4.55. The summed E-state index contributed by atoms with van der Waals surface area (Å²) in [5.74, 6) is -0.0194. The maximum Gasteiger partial charge on any atom is 0.256 e.